The molecule has 0 bridgehead atoms. The molecule has 2 nitrogen and oxygen atoms in total. The van der Waals surface area contributed by atoms with Gasteiger partial charge in [0.25, 0.3) is 8.32 Å². The van der Waals surface area contributed by atoms with Gasteiger partial charge >= 0.3 is 0 Å². The van der Waals surface area contributed by atoms with Crippen molar-refractivity contribution < 1.29 is 9.22 Å². The third-order valence-electron chi connectivity index (χ3n) is 5.13. The Labute approximate surface area is 173 Å². The summed E-state index contributed by atoms with van der Waals surface area (Å²) >= 11 is 6.42. The molecule has 0 saturated heterocycles. The molecule has 28 heavy (non-hydrogen) atoms. The van der Waals surface area contributed by atoms with Crippen LogP contribution in [0.5, 0.6) is 0 Å². The number of carbonyl (C=O) groups excluding carboxylic acids is 1. The van der Waals surface area contributed by atoms with Gasteiger partial charge in [-0.15, -0.1) is 0 Å². The van der Waals surface area contributed by atoms with Crippen LogP contribution < -0.4 is 10.4 Å². The van der Waals surface area contributed by atoms with Crippen molar-refractivity contribution in [2.24, 2.45) is 0 Å². The first-order chi connectivity index (χ1) is 13.4. The Morgan fingerprint density at radius 1 is 0.857 bits per heavy atom. The van der Waals surface area contributed by atoms with E-state index in [0.29, 0.717) is 17.2 Å². The summed E-state index contributed by atoms with van der Waals surface area (Å²) in [5, 5.41) is 2.84. The van der Waals surface area contributed by atoms with E-state index in [1.165, 1.54) is 10.4 Å². The Balaban J connectivity index is 2.16. The second-order valence-corrected chi connectivity index (χ2v) is 12.6. The molecular weight excluding hydrogens is 384 g/mol. The molecule has 3 aromatic carbocycles. The second kappa shape index (κ2) is 8.44. The molecule has 0 saturated carbocycles. The Morgan fingerprint density at radius 2 is 1.39 bits per heavy atom. The third-order valence-corrected chi connectivity index (χ3v) is 10.5. The summed E-state index contributed by atoms with van der Waals surface area (Å²) in [6, 6.07) is 26.3. The fourth-order valence-electron chi connectivity index (χ4n) is 3.78. The highest BCUT2D eigenvalue weighted by Crippen LogP contribution is 2.37. The summed E-state index contributed by atoms with van der Waals surface area (Å²) in [7, 11) is -2.67. The molecule has 0 N–H and O–H groups in total. The lowest BCUT2D eigenvalue weighted by Crippen LogP contribution is -2.66. The van der Waals surface area contributed by atoms with E-state index in [2.05, 4.69) is 69.3 Å². The van der Waals surface area contributed by atoms with Gasteiger partial charge in [0.05, 0.1) is 6.61 Å². The first kappa shape index (κ1) is 20.5. The molecule has 3 rings (SSSR count). The summed E-state index contributed by atoms with van der Waals surface area (Å²) < 4.78 is 6.87. The highest BCUT2D eigenvalue weighted by atomic mass is 35.5. The van der Waals surface area contributed by atoms with Crippen LogP contribution in [0.25, 0.3) is 0 Å². The van der Waals surface area contributed by atoms with E-state index in [9.17, 15) is 4.79 Å². The largest absolute Gasteiger partial charge is 0.403 e. The summed E-state index contributed by atoms with van der Waals surface area (Å²) in [5.74, 6) is 0. The Hall–Kier alpha value is -2.20. The van der Waals surface area contributed by atoms with Crippen LogP contribution >= 0.6 is 11.6 Å². The van der Waals surface area contributed by atoms with E-state index in [4.69, 9.17) is 16.0 Å². The van der Waals surface area contributed by atoms with Crippen LogP contribution in [-0.4, -0.2) is 14.6 Å². The number of benzene rings is 3. The lowest BCUT2D eigenvalue weighted by atomic mass is 10.1. The standard InChI is InChI=1S/C24H25ClO2Si/c1-24(2,3)28(20-12-6-4-7-13-20,21-14-8-5-9-15-21)27-18-22-19(17-26)11-10-16-23(22)25/h4-17H,18H2,1-3H3. The van der Waals surface area contributed by atoms with E-state index < -0.39 is 8.32 Å². The molecule has 144 valence electrons. The van der Waals surface area contributed by atoms with Gasteiger partial charge in [-0.3, -0.25) is 4.79 Å². The summed E-state index contributed by atoms with van der Waals surface area (Å²) in [4.78, 5) is 11.5. The molecule has 0 amide bonds. The number of halogens is 1. The van der Waals surface area contributed by atoms with E-state index in [-0.39, 0.29) is 5.04 Å². The van der Waals surface area contributed by atoms with Crippen LogP contribution in [0.4, 0.5) is 0 Å². The highest BCUT2D eigenvalue weighted by molar-refractivity contribution is 6.99. The van der Waals surface area contributed by atoms with Gasteiger partial charge < -0.3 is 4.43 Å². The third kappa shape index (κ3) is 3.83. The number of hydrogen-bond donors (Lipinski definition) is 0. The molecule has 0 unspecified atom stereocenters. The van der Waals surface area contributed by atoms with Crippen LogP contribution in [0.3, 0.4) is 0 Å². The van der Waals surface area contributed by atoms with Crippen molar-refractivity contribution >= 4 is 36.6 Å². The van der Waals surface area contributed by atoms with Crippen LogP contribution in [0.2, 0.25) is 10.1 Å². The minimum absolute atomic E-state index is 0.127. The number of carbonyl (C=O) groups is 1. The zero-order valence-electron chi connectivity index (χ0n) is 16.5. The topological polar surface area (TPSA) is 26.3 Å². The minimum Gasteiger partial charge on any atom is -0.403 e. The van der Waals surface area contributed by atoms with E-state index in [1.54, 1.807) is 18.2 Å². The maximum atomic E-state index is 11.5. The maximum Gasteiger partial charge on any atom is 0.261 e. The first-order valence-corrected chi connectivity index (χ1v) is 11.7. The summed E-state index contributed by atoms with van der Waals surface area (Å²) in [6.07, 6.45) is 0.843. The van der Waals surface area contributed by atoms with Crippen molar-refractivity contribution in [2.75, 3.05) is 0 Å². The molecule has 3 aromatic rings. The van der Waals surface area contributed by atoms with Crippen LogP contribution in [0.1, 0.15) is 36.7 Å². The normalized spacial score (nSPS) is 12.0. The van der Waals surface area contributed by atoms with Gasteiger partial charge in [0.2, 0.25) is 0 Å². The summed E-state index contributed by atoms with van der Waals surface area (Å²) in [5.41, 5.74) is 1.32. The smallest absolute Gasteiger partial charge is 0.261 e. The second-order valence-electron chi connectivity index (χ2n) is 7.88. The molecule has 0 radical (unpaired) electrons. The number of rotatable bonds is 6. The van der Waals surface area contributed by atoms with Gasteiger partial charge in [0.1, 0.15) is 6.29 Å². The van der Waals surface area contributed by atoms with Gasteiger partial charge in [-0.2, -0.15) is 0 Å². The number of aldehydes is 1. The lowest BCUT2D eigenvalue weighted by molar-refractivity contribution is 0.112. The van der Waals surface area contributed by atoms with E-state index in [0.717, 1.165) is 11.8 Å². The van der Waals surface area contributed by atoms with Crippen LogP contribution in [-0.2, 0) is 11.0 Å². The van der Waals surface area contributed by atoms with Crippen LogP contribution in [0.15, 0.2) is 78.9 Å². The Morgan fingerprint density at radius 3 is 1.86 bits per heavy atom. The quantitative estimate of drug-likeness (QED) is 0.412. The molecular formula is C24H25ClO2Si. The van der Waals surface area contributed by atoms with Gasteiger partial charge in [0.15, 0.2) is 0 Å². The monoisotopic (exact) mass is 408 g/mol. The molecule has 0 aliphatic carbocycles. The average molecular weight is 409 g/mol. The SMILES string of the molecule is CC(C)(C)[Si](OCc1c(Cl)cccc1C=O)(c1ccccc1)c1ccccc1. The van der Waals surface area contributed by atoms with E-state index >= 15 is 0 Å². The fourth-order valence-corrected chi connectivity index (χ4v) is 8.53. The molecule has 0 aliphatic rings. The molecule has 0 spiro atoms. The van der Waals surface area contributed by atoms with Gasteiger partial charge in [-0.25, -0.2) is 0 Å². The van der Waals surface area contributed by atoms with Crippen LogP contribution in [0, 0.1) is 0 Å². The lowest BCUT2D eigenvalue weighted by Gasteiger charge is -2.43. The summed E-state index contributed by atoms with van der Waals surface area (Å²) in [6.45, 7) is 6.98. The van der Waals surface area contributed by atoms with Crippen molar-refractivity contribution in [3.05, 3.63) is 95.0 Å². The molecule has 0 aromatic heterocycles. The fraction of sp³-hybridized carbons (Fsp3) is 0.208. The average Bonchev–Trinajstić information content (AvgIpc) is 2.70. The molecule has 0 heterocycles. The van der Waals surface area contributed by atoms with Gasteiger partial charge in [-0.05, 0) is 21.5 Å². The maximum absolute atomic E-state index is 11.5. The van der Waals surface area contributed by atoms with Crippen molar-refractivity contribution in [1.82, 2.24) is 0 Å². The predicted octanol–water partition coefficient (Wildman–Crippen LogP) is 5.23. The zero-order chi connectivity index (χ0) is 20.2. The molecule has 0 aliphatic heterocycles. The van der Waals surface area contributed by atoms with Crippen molar-refractivity contribution in [2.45, 2.75) is 32.4 Å². The Kier molecular flexibility index (Phi) is 6.19. The van der Waals surface area contributed by atoms with Crippen molar-refractivity contribution in [3.63, 3.8) is 0 Å². The molecule has 4 heteroatoms. The minimum atomic E-state index is -2.67. The van der Waals surface area contributed by atoms with E-state index in [1.807, 2.05) is 12.1 Å². The zero-order valence-corrected chi connectivity index (χ0v) is 18.2. The van der Waals surface area contributed by atoms with Gasteiger partial charge in [0, 0.05) is 16.1 Å². The first-order valence-electron chi connectivity index (χ1n) is 9.38. The Bertz CT molecular complexity index is 894. The van der Waals surface area contributed by atoms with Gasteiger partial charge in [-0.1, -0.05) is 105 Å². The molecule has 0 fully saturated rings. The molecule has 0 atom stereocenters. The van der Waals surface area contributed by atoms with Crippen molar-refractivity contribution in [3.8, 4) is 0 Å². The number of hydrogen-bond acceptors (Lipinski definition) is 2. The highest BCUT2D eigenvalue weighted by Gasteiger charge is 2.50. The predicted molar refractivity (Wildman–Crippen MR) is 119 cm³/mol. The van der Waals surface area contributed by atoms with Crippen molar-refractivity contribution in [1.29, 1.82) is 0 Å².